The summed E-state index contributed by atoms with van der Waals surface area (Å²) < 4.78 is 0. The zero-order chi connectivity index (χ0) is 14.5. The van der Waals surface area contributed by atoms with E-state index in [1.165, 1.54) is 0 Å². The van der Waals surface area contributed by atoms with Gasteiger partial charge < -0.3 is 10.6 Å². The van der Waals surface area contributed by atoms with Crippen LogP contribution in [0, 0.1) is 23.0 Å². The van der Waals surface area contributed by atoms with E-state index in [0.717, 1.165) is 18.4 Å². The first-order valence-corrected chi connectivity index (χ1v) is 6.80. The van der Waals surface area contributed by atoms with E-state index in [4.69, 9.17) is 0 Å². The Labute approximate surface area is 117 Å². The van der Waals surface area contributed by atoms with Gasteiger partial charge in [-0.2, -0.15) is 0 Å². The number of amides is 1. The Balaban J connectivity index is 1.72. The third kappa shape index (κ3) is 4.03. The molecular formula is C14H19N3O3. The van der Waals surface area contributed by atoms with Gasteiger partial charge >= 0.3 is 0 Å². The second-order valence-electron chi connectivity index (χ2n) is 5.12. The number of hydrogen-bond acceptors (Lipinski definition) is 4. The molecule has 1 amide bonds. The van der Waals surface area contributed by atoms with Crippen molar-refractivity contribution in [2.45, 2.75) is 26.3 Å². The SMILES string of the molecule is Cc1ccc(CNCCNC(=O)C2CC2)cc1[N+](=O)[O-]. The molecule has 1 aliphatic carbocycles. The molecule has 0 aromatic heterocycles. The highest BCUT2D eigenvalue weighted by molar-refractivity contribution is 5.80. The number of benzene rings is 1. The standard InChI is InChI=1S/C14H19N3O3/c1-10-2-3-11(8-13(10)17(19)20)9-15-6-7-16-14(18)12-4-5-12/h2-3,8,12,15H,4-7,9H2,1H3,(H,16,18). The van der Waals surface area contributed by atoms with Crippen LogP contribution in [0.1, 0.15) is 24.0 Å². The van der Waals surface area contributed by atoms with E-state index < -0.39 is 0 Å². The minimum absolute atomic E-state index is 0.137. The largest absolute Gasteiger partial charge is 0.355 e. The number of nitrogens with zero attached hydrogens (tertiary/aromatic N) is 1. The van der Waals surface area contributed by atoms with Crippen LogP contribution in [0.2, 0.25) is 0 Å². The predicted octanol–water partition coefficient (Wildman–Crippen LogP) is 1.52. The van der Waals surface area contributed by atoms with Crippen LogP contribution in [-0.4, -0.2) is 23.9 Å². The number of rotatable bonds is 7. The second-order valence-corrected chi connectivity index (χ2v) is 5.12. The van der Waals surface area contributed by atoms with Crippen LogP contribution in [0.3, 0.4) is 0 Å². The normalized spacial score (nSPS) is 14.1. The number of carbonyl (C=O) groups is 1. The monoisotopic (exact) mass is 277 g/mol. The van der Waals surface area contributed by atoms with Gasteiger partial charge in [-0.3, -0.25) is 14.9 Å². The first-order chi connectivity index (χ1) is 9.58. The molecule has 0 unspecified atom stereocenters. The lowest BCUT2D eigenvalue weighted by Crippen LogP contribution is -2.32. The molecule has 0 bridgehead atoms. The molecule has 0 aliphatic heterocycles. The average Bonchev–Trinajstić information content (AvgIpc) is 3.24. The molecule has 108 valence electrons. The van der Waals surface area contributed by atoms with Crippen LogP contribution in [0.4, 0.5) is 5.69 Å². The van der Waals surface area contributed by atoms with Crippen LogP contribution in [0.5, 0.6) is 0 Å². The molecule has 0 radical (unpaired) electrons. The van der Waals surface area contributed by atoms with E-state index in [9.17, 15) is 14.9 Å². The van der Waals surface area contributed by atoms with Crippen LogP contribution in [0.15, 0.2) is 18.2 Å². The van der Waals surface area contributed by atoms with Crippen molar-refractivity contribution in [3.8, 4) is 0 Å². The number of nitro groups is 1. The number of nitro benzene ring substituents is 1. The van der Waals surface area contributed by atoms with Crippen LogP contribution < -0.4 is 10.6 Å². The smallest absolute Gasteiger partial charge is 0.272 e. The second kappa shape index (κ2) is 6.47. The molecular weight excluding hydrogens is 258 g/mol. The maximum Gasteiger partial charge on any atom is 0.272 e. The summed E-state index contributed by atoms with van der Waals surface area (Å²) >= 11 is 0. The summed E-state index contributed by atoms with van der Waals surface area (Å²) in [6.45, 7) is 3.52. The quantitative estimate of drug-likeness (QED) is 0.449. The maximum absolute atomic E-state index is 11.4. The van der Waals surface area contributed by atoms with Crippen molar-refractivity contribution in [1.29, 1.82) is 0 Å². The van der Waals surface area contributed by atoms with Crippen molar-refractivity contribution in [2.24, 2.45) is 5.92 Å². The first kappa shape index (κ1) is 14.5. The predicted molar refractivity (Wildman–Crippen MR) is 75.3 cm³/mol. The Bertz CT molecular complexity index is 512. The van der Waals surface area contributed by atoms with Gasteiger partial charge in [0, 0.05) is 37.2 Å². The molecule has 1 aromatic rings. The minimum atomic E-state index is -0.366. The van der Waals surface area contributed by atoms with E-state index in [2.05, 4.69) is 10.6 Å². The van der Waals surface area contributed by atoms with Gasteiger partial charge in [0.2, 0.25) is 5.91 Å². The Kier molecular flexibility index (Phi) is 4.68. The Morgan fingerprint density at radius 3 is 2.80 bits per heavy atom. The lowest BCUT2D eigenvalue weighted by Gasteiger charge is -2.07. The average molecular weight is 277 g/mol. The van der Waals surface area contributed by atoms with Crippen molar-refractivity contribution in [3.05, 3.63) is 39.4 Å². The van der Waals surface area contributed by atoms with Crippen molar-refractivity contribution in [1.82, 2.24) is 10.6 Å². The van der Waals surface area contributed by atoms with Gasteiger partial charge in [-0.15, -0.1) is 0 Å². The molecule has 2 N–H and O–H groups in total. The van der Waals surface area contributed by atoms with E-state index in [1.807, 2.05) is 6.07 Å². The fourth-order valence-electron chi connectivity index (χ4n) is 1.96. The molecule has 1 aliphatic rings. The molecule has 2 rings (SSSR count). The van der Waals surface area contributed by atoms with Crippen molar-refractivity contribution >= 4 is 11.6 Å². The summed E-state index contributed by atoms with van der Waals surface area (Å²) in [4.78, 5) is 21.8. The third-order valence-corrected chi connectivity index (χ3v) is 3.35. The van der Waals surface area contributed by atoms with Gasteiger partial charge in [0.25, 0.3) is 5.69 Å². The van der Waals surface area contributed by atoms with Crippen molar-refractivity contribution in [2.75, 3.05) is 13.1 Å². The van der Waals surface area contributed by atoms with Gasteiger partial charge in [-0.25, -0.2) is 0 Å². The Morgan fingerprint density at radius 1 is 1.40 bits per heavy atom. The summed E-state index contributed by atoms with van der Waals surface area (Å²) in [6, 6.07) is 5.22. The highest BCUT2D eigenvalue weighted by Gasteiger charge is 2.28. The van der Waals surface area contributed by atoms with Gasteiger partial charge in [-0.1, -0.05) is 12.1 Å². The molecule has 0 saturated heterocycles. The Morgan fingerprint density at radius 2 is 2.15 bits per heavy atom. The summed E-state index contributed by atoms with van der Waals surface area (Å²) in [5.74, 6) is 0.368. The lowest BCUT2D eigenvalue weighted by molar-refractivity contribution is -0.385. The summed E-state index contributed by atoms with van der Waals surface area (Å²) in [5.41, 5.74) is 1.68. The fourth-order valence-corrected chi connectivity index (χ4v) is 1.96. The zero-order valence-electron chi connectivity index (χ0n) is 11.5. The zero-order valence-corrected chi connectivity index (χ0v) is 11.5. The molecule has 1 aromatic carbocycles. The molecule has 1 fully saturated rings. The molecule has 0 atom stereocenters. The molecule has 0 heterocycles. The number of carbonyl (C=O) groups excluding carboxylic acids is 1. The van der Waals surface area contributed by atoms with Gasteiger partial charge in [0.05, 0.1) is 4.92 Å². The molecule has 0 spiro atoms. The maximum atomic E-state index is 11.4. The summed E-state index contributed by atoms with van der Waals surface area (Å²) in [6.07, 6.45) is 2.01. The number of hydrogen-bond donors (Lipinski definition) is 2. The van der Waals surface area contributed by atoms with Crippen LogP contribution in [-0.2, 0) is 11.3 Å². The van der Waals surface area contributed by atoms with Crippen LogP contribution >= 0.6 is 0 Å². The minimum Gasteiger partial charge on any atom is -0.355 e. The van der Waals surface area contributed by atoms with Gasteiger partial charge in [0.15, 0.2) is 0 Å². The van der Waals surface area contributed by atoms with E-state index in [-0.39, 0.29) is 22.4 Å². The van der Waals surface area contributed by atoms with Crippen molar-refractivity contribution in [3.63, 3.8) is 0 Å². The fraction of sp³-hybridized carbons (Fsp3) is 0.500. The Hall–Kier alpha value is -1.95. The highest BCUT2D eigenvalue weighted by Crippen LogP contribution is 2.28. The van der Waals surface area contributed by atoms with E-state index >= 15 is 0 Å². The third-order valence-electron chi connectivity index (χ3n) is 3.35. The first-order valence-electron chi connectivity index (χ1n) is 6.80. The topological polar surface area (TPSA) is 84.3 Å². The number of aryl methyl sites for hydroxylation is 1. The molecule has 20 heavy (non-hydrogen) atoms. The van der Waals surface area contributed by atoms with E-state index in [1.54, 1.807) is 19.1 Å². The lowest BCUT2D eigenvalue weighted by atomic mass is 10.1. The molecule has 6 heteroatoms. The van der Waals surface area contributed by atoms with Gasteiger partial charge in [-0.05, 0) is 25.3 Å². The number of nitrogens with one attached hydrogen (secondary N) is 2. The van der Waals surface area contributed by atoms with Crippen molar-refractivity contribution < 1.29 is 9.72 Å². The summed E-state index contributed by atoms with van der Waals surface area (Å²) in [7, 11) is 0. The van der Waals surface area contributed by atoms with Gasteiger partial charge in [0.1, 0.15) is 0 Å². The highest BCUT2D eigenvalue weighted by atomic mass is 16.6. The van der Waals surface area contributed by atoms with Crippen LogP contribution in [0.25, 0.3) is 0 Å². The summed E-state index contributed by atoms with van der Waals surface area (Å²) in [5, 5.41) is 16.9. The molecule has 1 saturated carbocycles. The van der Waals surface area contributed by atoms with E-state index in [0.29, 0.717) is 25.2 Å². The molecule has 6 nitrogen and oxygen atoms in total.